The van der Waals surface area contributed by atoms with E-state index in [1.165, 1.54) is 4.70 Å². The van der Waals surface area contributed by atoms with Crippen LogP contribution >= 0.6 is 45.3 Å². The fraction of sp³-hybridized carbons (Fsp3) is 0. The second-order valence-corrected chi connectivity index (χ2v) is 6.43. The normalized spacial score (nSPS) is 10.1. The van der Waals surface area contributed by atoms with E-state index in [1.807, 2.05) is 24.3 Å². The summed E-state index contributed by atoms with van der Waals surface area (Å²) in [5.41, 5.74) is 1.04. The molecular weight excluding hydrogens is 281 g/mol. The van der Waals surface area contributed by atoms with Crippen molar-refractivity contribution in [2.75, 3.05) is 0 Å². The molecule has 1 aromatic carbocycles. The summed E-state index contributed by atoms with van der Waals surface area (Å²) < 4.78 is 11.1. The van der Waals surface area contributed by atoms with Crippen LogP contribution in [-0.4, -0.2) is 9.54 Å². The molecule has 0 fully saturated rings. The molecule has 0 unspecified atom stereocenters. The van der Waals surface area contributed by atoms with Gasteiger partial charge in [0.1, 0.15) is 4.34 Å². The Balaban J connectivity index is 0.000000213. The van der Waals surface area contributed by atoms with Gasteiger partial charge >= 0.3 is 0 Å². The number of fused-ring (bicyclic) bond motifs is 1. The Bertz CT molecular complexity index is 371. The van der Waals surface area contributed by atoms with Gasteiger partial charge in [0, 0.05) is 0 Å². The number of rotatable bonds is 0. The summed E-state index contributed by atoms with van der Waals surface area (Å²) in [6.45, 7) is 0. The molecule has 0 saturated carbocycles. The lowest BCUT2D eigenvalue weighted by molar-refractivity contribution is 0.620. The minimum Gasteiger partial charge on any atom is -0.582 e. The van der Waals surface area contributed by atoms with E-state index in [2.05, 4.69) is 39.0 Å². The Morgan fingerprint density at radius 3 is 2.50 bits per heavy atom. The van der Waals surface area contributed by atoms with Gasteiger partial charge in [-0.1, -0.05) is 12.1 Å². The summed E-state index contributed by atoms with van der Waals surface area (Å²) in [7, 11) is 7.36. The number of halogens is 2. The molecule has 0 saturated heterocycles. The Labute approximate surface area is 103 Å². The highest BCUT2D eigenvalue weighted by Crippen LogP contribution is 2.23. The minimum absolute atomic E-state index is 0.834. The zero-order valence-electron chi connectivity index (χ0n) is 6.68. The van der Waals surface area contributed by atoms with Crippen LogP contribution in [0.5, 0.6) is 0 Å². The lowest BCUT2D eigenvalue weighted by atomic mass is 10.3. The van der Waals surface area contributed by atoms with Crippen LogP contribution in [0.3, 0.4) is 0 Å². The number of thiol groups is 1. The smallest absolute Gasteiger partial charge is 0.198 e. The third-order valence-electron chi connectivity index (χ3n) is 1.28. The van der Waals surface area contributed by atoms with Gasteiger partial charge in [-0.15, -0.1) is 24.0 Å². The molecular formula is C7H5Cl2NOS3. The van der Waals surface area contributed by atoms with Gasteiger partial charge in [0.2, 0.25) is 0 Å². The van der Waals surface area contributed by atoms with Gasteiger partial charge in [-0.2, -0.15) is 0 Å². The van der Waals surface area contributed by atoms with Crippen molar-refractivity contribution >= 4 is 65.1 Å². The molecule has 2 rings (SSSR count). The third-order valence-corrected chi connectivity index (χ3v) is 2.50. The van der Waals surface area contributed by atoms with Gasteiger partial charge in [-0.05, 0) is 12.1 Å². The maximum absolute atomic E-state index is 9.09. The average molecular weight is 286 g/mol. The summed E-state index contributed by atoms with van der Waals surface area (Å²) in [6.07, 6.45) is 0. The first-order chi connectivity index (χ1) is 6.59. The first-order valence-electron chi connectivity index (χ1n) is 3.38. The first kappa shape index (κ1) is 12.4. The Morgan fingerprint density at radius 2 is 1.93 bits per heavy atom. The molecule has 0 radical (unpaired) electrons. The quantitative estimate of drug-likeness (QED) is 0.593. The molecule has 1 aromatic heterocycles. The Hall–Kier alpha value is 0.350. The van der Waals surface area contributed by atoms with E-state index in [-0.39, 0.29) is 0 Å². The third kappa shape index (κ3) is 4.25. The summed E-state index contributed by atoms with van der Waals surface area (Å²) in [5.74, 6) is 0. The predicted molar refractivity (Wildman–Crippen MR) is 66.7 cm³/mol. The molecule has 2 aromatic rings. The van der Waals surface area contributed by atoms with Crippen LogP contribution in [0.1, 0.15) is 0 Å². The molecule has 0 N–H and O–H groups in total. The minimum atomic E-state index is -1.67. The topological polar surface area (TPSA) is 36.0 Å². The Morgan fingerprint density at radius 1 is 1.36 bits per heavy atom. The summed E-state index contributed by atoms with van der Waals surface area (Å²) in [5, 5.41) is 0. The number of hydrogen-bond acceptors (Lipinski definition) is 4. The molecule has 76 valence electrons. The maximum Gasteiger partial charge on any atom is 0.198 e. The molecule has 0 aliphatic carbocycles. The number of benzene rings is 1. The van der Waals surface area contributed by atoms with Gasteiger partial charge in [-0.25, -0.2) is 4.98 Å². The standard InChI is InChI=1S/C7H5NS2.Cl2OS/c9-7-8-5-3-1-2-4-6(5)10-7;1-4(2)3/h1-4H,(H,8,9);. The van der Waals surface area contributed by atoms with Gasteiger partial charge in [-0.3, -0.25) is 0 Å². The second kappa shape index (κ2) is 6.05. The molecule has 0 aliphatic rings. The second-order valence-electron chi connectivity index (χ2n) is 2.15. The van der Waals surface area contributed by atoms with Gasteiger partial charge < -0.3 is 4.55 Å². The van der Waals surface area contributed by atoms with E-state index in [1.54, 1.807) is 11.3 Å². The molecule has 2 nitrogen and oxygen atoms in total. The van der Waals surface area contributed by atoms with Crippen LogP contribution < -0.4 is 0 Å². The van der Waals surface area contributed by atoms with E-state index in [0.29, 0.717) is 0 Å². The summed E-state index contributed by atoms with van der Waals surface area (Å²) in [4.78, 5) is 4.20. The molecule has 0 aliphatic heterocycles. The van der Waals surface area contributed by atoms with Crippen LogP contribution in [0.15, 0.2) is 28.6 Å². The molecule has 1 heterocycles. The number of thiazole rings is 1. The zero-order valence-corrected chi connectivity index (χ0v) is 10.7. The van der Waals surface area contributed by atoms with Crippen molar-refractivity contribution in [3.05, 3.63) is 24.3 Å². The van der Waals surface area contributed by atoms with Crippen LogP contribution in [-0.2, 0) is 9.60 Å². The Kier molecular flexibility index (Phi) is 5.36. The fourth-order valence-corrected chi connectivity index (χ4v) is 1.97. The van der Waals surface area contributed by atoms with E-state index in [9.17, 15) is 0 Å². The SMILES string of the molecule is Sc1nc2ccccc2s1.[O-][S+](Cl)Cl. The van der Waals surface area contributed by atoms with Gasteiger partial charge in [0.05, 0.1) is 10.2 Å². The number of nitrogens with zero attached hydrogens (tertiary/aromatic N) is 1. The summed E-state index contributed by atoms with van der Waals surface area (Å²) in [6, 6.07) is 8.03. The molecule has 7 heteroatoms. The fourth-order valence-electron chi connectivity index (χ4n) is 0.860. The number of aromatic nitrogens is 1. The van der Waals surface area contributed by atoms with Crippen molar-refractivity contribution in [2.24, 2.45) is 0 Å². The van der Waals surface area contributed by atoms with E-state index in [4.69, 9.17) is 4.55 Å². The van der Waals surface area contributed by atoms with Crippen molar-refractivity contribution in [1.29, 1.82) is 0 Å². The molecule has 0 bridgehead atoms. The van der Waals surface area contributed by atoms with Crippen molar-refractivity contribution < 1.29 is 4.55 Å². The highest BCUT2D eigenvalue weighted by Gasteiger charge is 1.96. The largest absolute Gasteiger partial charge is 0.582 e. The van der Waals surface area contributed by atoms with Crippen molar-refractivity contribution in [3.8, 4) is 0 Å². The van der Waals surface area contributed by atoms with E-state index >= 15 is 0 Å². The van der Waals surface area contributed by atoms with Crippen molar-refractivity contribution in [3.63, 3.8) is 0 Å². The lowest BCUT2D eigenvalue weighted by Crippen LogP contribution is -1.63. The van der Waals surface area contributed by atoms with Crippen molar-refractivity contribution in [2.45, 2.75) is 4.34 Å². The average Bonchev–Trinajstić information content (AvgIpc) is 2.42. The van der Waals surface area contributed by atoms with Gasteiger partial charge in [0.25, 0.3) is 0 Å². The van der Waals surface area contributed by atoms with Crippen LogP contribution in [0.2, 0.25) is 0 Å². The van der Waals surface area contributed by atoms with Crippen LogP contribution in [0, 0.1) is 0 Å². The predicted octanol–water partition coefficient (Wildman–Crippen LogP) is 3.63. The monoisotopic (exact) mass is 285 g/mol. The van der Waals surface area contributed by atoms with Crippen molar-refractivity contribution in [1.82, 2.24) is 4.98 Å². The van der Waals surface area contributed by atoms with Gasteiger partial charge in [0.15, 0.2) is 31.0 Å². The molecule has 14 heavy (non-hydrogen) atoms. The maximum atomic E-state index is 9.09. The molecule has 0 amide bonds. The van der Waals surface area contributed by atoms with E-state index in [0.717, 1.165) is 9.86 Å². The van der Waals surface area contributed by atoms with Crippen LogP contribution in [0.4, 0.5) is 0 Å². The zero-order chi connectivity index (χ0) is 10.6. The molecule has 0 spiro atoms. The lowest BCUT2D eigenvalue weighted by Gasteiger charge is -1.80. The highest BCUT2D eigenvalue weighted by atomic mass is 36.0. The van der Waals surface area contributed by atoms with Crippen LogP contribution in [0.25, 0.3) is 10.2 Å². The number of para-hydroxylation sites is 1. The number of hydrogen-bond donors (Lipinski definition) is 1. The summed E-state index contributed by atoms with van der Waals surface area (Å²) >= 11 is 5.76. The first-order valence-corrected chi connectivity index (χ1v) is 7.45. The molecule has 0 atom stereocenters. The highest BCUT2D eigenvalue weighted by molar-refractivity contribution is 8.31. The van der Waals surface area contributed by atoms with E-state index < -0.39 is 9.60 Å².